The number of rotatable bonds is 7. The Labute approximate surface area is 190 Å². The minimum atomic E-state index is -1.22. The van der Waals surface area contributed by atoms with Gasteiger partial charge in [-0.15, -0.1) is 0 Å². The zero-order valence-corrected chi connectivity index (χ0v) is 17.9. The number of ether oxygens (including phenoxy) is 1. The van der Waals surface area contributed by atoms with Gasteiger partial charge in [-0.1, -0.05) is 48.5 Å². The largest absolute Gasteiger partial charge is 0.480 e. The van der Waals surface area contributed by atoms with Gasteiger partial charge in [0.15, 0.2) is 0 Å². The van der Waals surface area contributed by atoms with Gasteiger partial charge >= 0.3 is 12.1 Å². The van der Waals surface area contributed by atoms with E-state index in [0.717, 1.165) is 27.2 Å². The average Bonchev–Trinajstić information content (AvgIpc) is 3.35. The summed E-state index contributed by atoms with van der Waals surface area (Å²) in [5.41, 5.74) is 4.39. The molecule has 1 heterocycles. The lowest BCUT2D eigenvalue weighted by Gasteiger charge is -2.22. The number of likely N-dealkylation sites (tertiary alicyclic amines) is 1. The molecule has 0 radical (unpaired) electrons. The first-order valence-corrected chi connectivity index (χ1v) is 10.8. The molecule has 2 aliphatic rings. The molecule has 3 atom stereocenters. The second-order valence-corrected chi connectivity index (χ2v) is 8.35. The molecular formula is C24H26N2O7. The van der Waals surface area contributed by atoms with Crippen molar-refractivity contribution in [2.45, 2.75) is 37.0 Å². The number of benzene rings is 2. The number of aliphatic hydroxyl groups is 2. The van der Waals surface area contributed by atoms with E-state index >= 15 is 0 Å². The number of β-amino-alcohol motifs (C(OH)–C–C–N with tert-alkyl or cyclic N) is 1. The van der Waals surface area contributed by atoms with Gasteiger partial charge in [-0.3, -0.25) is 4.79 Å². The van der Waals surface area contributed by atoms with Crippen molar-refractivity contribution in [1.29, 1.82) is 0 Å². The number of alkyl carbamates (subject to hydrolysis) is 1. The summed E-state index contributed by atoms with van der Waals surface area (Å²) in [5.74, 6) is -1.89. The van der Waals surface area contributed by atoms with E-state index in [0.29, 0.717) is 0 Å². The molecule has 2 aromatic carbocycles. The van der Waals surface area contributed by atoms with Crippen LogP contribution in [0.3, 0.4) is 0 Å². The van der Waals surface area contributed by atoms with Crippen LogP contribution in [0.2, 0.25) is 0 Å². The molecular weight excluding hydrogens is 428 g/mol. The molecule has 1 aliphatic heterocycles. The maximum Gasteiger partial charge on any atom is 0.407 e. The molecule has 4 rings (SSSR count). The van der Waals surface area contributed by atoms with Crippen LogP contribution in [0.15, 0.2) is 48.5 Å². The summed E-state index contributed by atoms with van der Waals surface area (Å²) in [6.45, 7) is -0.195. The minimum absolute atomic E-state index is 0.0465. The van der Waals surface area contributed by atoms with Gasteiger partial charge in [-0.05, 0) is 22.3 Å². The van der Waals surface area contributed by atoms with E-state index < -0.39 is 36.2 Å². The first kappa shape index (κ1) is 22.8. The summed E-state index contributed by atoms with van der Waals surface area (Å²) in [6, 6.07) is 14.8. The van der Waals surface area contributed by atoms with E-state index in [-0.39, 0.29) is 38.5 Å². The number of aliphatic hydroxyl groups excluding tert-OH is 2. The monoisotopic (exact) mass is 454 g/mol. The van der Waals surface area contributed by atoms with Crippen molar-refractivity contribution in [2.75, 3.05) is 19.7 Å². The molecule has 0 bridgehead atoms. The van der Waals surface area contributed by atoms with Crippen molar-refractivity contribution in [1.82, 2.24) is 10.2 Å². The number of amides is 2. The summed E-state index contributed by atoms with van der Waals surface area (Å²) in [7, 11) is 0. The molecule has 0 saturated carbocycles. The molecule has 174 valence electrons. The molecule has 0 aromatic heterocycles. The van der Waals surface area contributed by atoms with Gasteiger partial charge in [0.25, 0.3) is 0 Å². The minimum Gasteiger partial charge on any atom is -0.480 e. The Morgan fingerprint density at radius 1 is 1.06 bits per heavy atom. The van der Waals surface area contributed by atoms with Crippen molar-refractivity contribution in [3.05, 3.63) is 59.7 Å². The molecule has 1 unspecified atom stereocenters. The molecule has 2 amide bonds. The zero-order chi connectivity index (χ0) is 23.5. The van der Waals surface area contributed by atoms with Crippen LogP contribution in [-0.4, -0.2) is 76.1 Å². The van der Waals surface area contributed by atoms with Gasteiger partial charge < -0.3 is 30.3 Å². The van der Waals surface area contributed by atoms with Crippen LogP contribution in [0.5, 0.6) is 0 Å². The second kappa shape index (κ2) is 9.60. The quantitative estimate of drug-likeness (QED) is 0.495. The molecule has 9 nitrogen and oxygen atoms in total. The Kier molecular flexibility index (Phi) is 6.62. The molecule has 0 spiro atoms. The van der Waals surface area contributed by atoms with Crippen LogP contribution in [0.4, 0.5) is 4.79 Å². The van der Waals surface area contributed by atoms with E-state index in [1.165, 1.54) is 0 Å². The number of hydrogen-bond donors (Lipinski definition) is 4. The van der Waals surface area contributed by atoms with Crippen molar-refractivity contribution in [3.8, 4) is 11.1 Å². The molecule has 2 aromatic rings. The number of carboxylic acid groups (broad SMARTS) is 1. The lowest BCUT2D eigenvalue weighted by Crippen LogP contribution is -2.43. The third-order valence-electron chi connectivity index (χ3n) is 6.12. The molecule has 33 heavy (non-hydrogen) atoms. The SMILES string of the molecule is O=C(NCC(O)CC(=O)N1C[C@H](O)C[C@H]1C(=O)O)OCC1c2ccccc2-c2ccccc21. The maximum atomic E-state index is 12.3. The predicted octanol–water partition coefficient (Wildman–Crippen LogP) is 1.32. The average molecular weight is 454 g/mol. The number of nitrogens with zero attached hydrogens (tertiary/aromatic N) is 1. The van der Waals surface area contributed by atoms with Crippen molar-refractivity contribution < 1.29 is 34.4 Å². The van der Waals surface area contributed by atoms with E-state index in [1.54, 1.807) is 0 Å². The van der Waals surface area contributed by atoms with E-state index in [2.05, 4.69) is 5.32 Å². The van der Waals surface area contributed by atoms with Crippen molar-refractivity contribution in [2.24, 2.45) is 0 Å². The van der Waals surface area contributed by atoms with Crippen LogP contribution in [0.25, 0.3) is 11.1 Å². The second-order valence-electron chi connectivity index (χ2n) is 8.35. The van der Waals surface area contributed by atoms with Crippen molar-refractivity contribution >= 4 is 18.0 Å². The van der Waals surface area contributed by atoms with E-state index in [9.17, 15) is 29.7 Å². The fraction of sp³-hybridized carbons (Fsp3) is 0.375. The standard InChI is InChI=1S/C24H26N2O7/c27-14(10-22(29)26-12-15(28)9-21(26)23(30)31)11-25-24(32)33-13-20-18-7-3-1-5-16(18)17-6-2-4-8-19(17)20/h1-8,14-15,20-21,27-28H,9-13H2,(H,25,32)(H,30,31)/t14?,15-,21+/m1/s1. The van der Waals surface area contributed by atoms with Crippen molar-refractivity contribution in [3.63, 3.8) is 0 Å². The van der Waals surface area contributed by atoms with E-state index in [4.69, 9.17) is 4.74 Å². The van der Waals surface area contributed by atoms with Gasteiger partial charge in [0, 0.05) is 25.4 Å². The number of aliphatic carboxylic acids is 1. The number of hydrogen-bond acceptors (Lipinski definition) is 6. The van der Waals surface area contributed by atoms with Gasteiger partial charge in [0.05, 0.1) is 18.6 Å². The number of carbonyl (C=O) groups is 3. The topological polar surface area (TPSA) is 136 Å². The Hall–Kier alpha value is -3.43. The molecule has 4 N–H and O–H groups in total. The van der Waals surface area contributed by atoms with Crippen LogP contribution in [0, 0.1) is 0 Å². The third kappa shape index (κ3) is 4.84. The first-order chi connectivity index (χ1) is 15.8. The number of nitrogens with one attached hydrogen (secondary N) is 1. The van der Waals surface area contributed by atoms with Gasteiger partial charge in [0.2, 0.25) is 5.91 Å². The third-order valence-corrected chi connectivity index (χ3v) is 6.12. The molecule has 1 fully saturated rings. The maximum absolute atomic E-state index is 12.3. The molecule has 9 heteroatoms. The summed E-state index contributed by atoms with van der Waals surface area (Å²) in [6.07, 6.45) is -3.27. The highest BCUT2D eigenvalue weighted by Crippen LogP contribution is 2.44. The summed E-state index contributed by atoms with van der Waals surface area (Å²) in [4.78, 5) is 36.8. The fourth-order valence-corrected chi connectivity index (χ4v) is 4.57. The summed E-state index contributed by atoms with van der Waals surface area (Å²) >= 11 is 0. The Morgan fingerprint density at radius 2 is 1.67 bits per heavy atom. The molecule has 1 saturated heterocycles. The lowest BCUT2D eigenvalue weighted by molar-refractivity contribution is -0.149. The highest BCUT2D eigenvalue weighted by atomic mass is 16.5. The Balaban J connectivity index is 1.27. The predicted molar refractivity (Wildman–Crippen MR) is 117 cm³/mol. The van der Waals surface area contributed by atoms with Crippen LogP contribution < -0.4 is 5.32 Å². The van der Waals surface area contributed by atoms with Gasteiger partial charge in [-0.25, -0.2) is 9.59 Å². The first-order valence-electron chi connectivity index (χ1n) is 10.8. The highest BCUT2D eigenvalue weighted by molar-refractivity contribution is 5.85. The number of carbonyl (C=O) groups excluding carboxylic acids is 2. The smallest absolute Gasteiger partial charge is 0.407 e. The van der Waals surface area contributed by atoms with Gasteiger partial charge in [-0.2, -0.15) is 0 Å². The summed E-state index contributed by atoms with van der Waals surface area (Å²) < 4.78 is 5.39. The Bertz CT molecular complexity index is 1010. The van der Waals surface area contributed by atoms with Crippen LogP contribution >= 0.6 is 0 Å². The lowest BCUT2D eigenvalue weighted by atomic mass is 9.98. The van der Waals surface area contributed by atoms with E-state index in [1.807, 2.05) is 48.5 Å². The molecule has 1 aliphatic carbocycles. The van der Waals surface area contributed by atoms with Crippen LogP contribution in [-0.2, 0) is 14.3 Å². The fourth-order valence-electron chi connectivity index (χ4n) is 4.57. The zero-order valence-electron chi connectivity index (χ0n) is 17.9. The van der Waals surface area contributed by atoms with Gasteiger partial charge in [0.1, 0.15) is 12.6 Å². The number of carboxylic acids is 1. The van der Waals surface area contributed by atoms with Crippen LogP contribution in [0.1, 0.15) is 29.9 Å². The normalized spacial score (nSPS) is 20.1. The number of fused-ring (bicyclic) bond motifs is 3. The summed E-state index contributed by atoms with van der Waals surface area (Å²) in [5, 5.41) is 31.4. The highest BCUT2D eigenvalue weighted by Gasteiger charge is 2.39. The Morgan fingerprint density at radius 3 is 2.27 bits per heavy atom.